The Morgan fingerprint density at radius 2 is 2.13 bits per heavy atom. The van der Waals surface area contributed by atoms with Gasteiger partial charge in [0.2, 0.25) is 5.91 Å². The summed E-state index contributed by atoms with van der Waals surface area (Å²) in [5.74, 6) is 0.698. The Kier molecular flexibility index (Phi) is 5.09. The van der Waals surface area contributed by atoms with Crippen LogP contribution in [0.3, 0.4) is 0 Å². The summed E-state index contributed by atoms with van der Waals surface area (Å²) < 4.78 is 0. The van der Waals surface area contributed by atoms with E-state index in [-0.39, 0.29) is 11.9 Å². The van der Waals surface area contributed by atoms with Crippen LogP contribution in [0.2, 0.25) is 0 Å². The minimum Gasteiger partial charge on any atom is -0.353 e. The number of amides is 1. The normalized spacial score (nSPS) is 23.9. The number of hydrogen-bond donors (Lipinski definition) is 2. The molecule has 0 aromatic carbocycles. The topological polar surface area (TPSA) is 41.1 Å². The first-order valence-electron chi connectivity index (χ1n) is 6.12. The maximum Gasteiger partial charge on any atom is 0.221 e. The zero-order valence-corrected chi connectivity index (χ0v) is 10.2. The van der Waals surface area contributed by atoms with Gasteiger partial charge in [0, 0.05) is 18.5 Å². The molecule has 1 saturated heterocycles. The molecule has 15 heavy (non-hydrogen) atoms. The second-order valence-electron chi connectivity index (χ2n) is 4.95. The third kappa shape index (κ3) is 4.65. The molecule has 3 nitrogen and oxygen atoms in total. The van der Waals surface area contributed by atoms with Gasteiger partial charge in [0.05, 0.1) is 0 Å². The van der Waals surface area contributed by atoms with Crippen LogP contribution < -0.4 is 10.6 Å². The predicted molar refractivity (Wildman–Crippen MR) is 62.7 cm³/mol. The van der Waals surface area contributed by atoms with Gasteiger partial charge < -0.3 is 10.6 Å². The van der Waals surface area contributed by atoms with Crippen LogP contribution in [0.25, 0.3) is 0 Å². The lowest BCUT2D eigenvalue weighted by atomic mass is 10.0. The fraction of sp³-hybridized carbons (Fsp3) is 0.917. The van der Waals surface area contributed by atoms with Crippen molar-refractivity contribution in [1.29, 1.82) is 0 Å². The van der Waals surface area contributed by atoms with Crippen molar-refractivity contribution in [3.63, 3.8) is 0 Å². The van der Waals surface area contributed by atoms with Crippen LogP contribution in [0.15, 0.2) is 0 Å². The summed E-state index contributed by atoms with van der Waals surface area (Å²) in [7, 11) is 0. The fourth-order valence-electron chi connectivity index (χ4n) is 1.80. The van der Waals surface area contributed by atoms with Gasteiger partial charge in [-0.3, -0.25) is 4.79 Å². The molecule has 0 spiro atoms. The molecule has 88 valence electrons. The molecule has 0 radical (unpaired) electrons. The Morgan fingerprint density at radius 3 is 2.67 bits per heavy atom. The molecule has 1 rings (SSSR count). The van der Waals surface area contributed by atoms with E-state index in [1.54, 1.807) is 0 Å². The van der Waals surface area contributed by atoms with Gasteiger partial charge in [0.25, 0.3) is 0 Å². The summed E-state index contributed by atoms with van der Waals surface area (Å²) in [6, 6.07) is 0.680. The zero-order valence-electron chi connectivity index (χ0n) is 10.2. The van der Waals surface area contributed by atoms with Crippen molar-refractivity contribution in [1.82, 2.24) is 10.6 Å². The highest BCUT2D eigenvalue weighted by molar-refractivity contribution is 5.76. The van der Waals surface area contributed by atoms with E-state index in [0.29, 0.717) is 18.4 Å². The minimum atomic E-state index is 0.190. The van der Waals surface area contributed by atoms with Gasteiger partial charge in [-0.25, -0.2) is 0 Å². The lowest BCUT2D eigenvalue weighted by Gasteiger charge is -2.24. The molecule has 1 amide bonds. The van der Waals surface area contributed by atoms with Crippen LogP contribution in [-0.2, 0) is 4.79 Å². The second-order valence-corrected chi connectivity index (χ2v) is 4.95. The highest BCUT2D eigenvalue weighted by Gasteiger charge is 2.17. The maximum atomic E-state index is 11.7. The molecule has 2 atom stereocenters. The predicted octanol–water partition coefficient (Wildman–Crippen LogP) is 1.68. The van der Waals surface area contributed by atoms with Gasteiger partial charge in [-0.1, -0.05) is 20.3 Å². The molecule has 2 N–H and O–H groups in total. The first-order valence-corrected chi connectivity index (χ1v) is 6.12. The molecule has 1 heterocycles. The Balaban J connectivity index is 2.22. The van der Waals surface area contributed by atoms with Crippen LogP contribution in [0, 0.1) is 5.92 Å². The van der Waals surface area contributed by atoms with Crippen LogP contribution in [-0.4, -0.2) is 24.5 Å². The summed E-state index contributed by atoms with van der Waals surface area (Å²) in [5.41, 5.74) is 0. The van der Waals surface area contributed by atoms with E-state index in [0.717, 1.165) is 13.0 Å². The molecule has 1 aliphatic heterocycles. The Labute approximate surface area is 93.0 Å². The third-order valence-electron chi connectivity index (χ3n) is 3.23. The lowest BCUT2D eigenvalue weighted by Crippen LogP contribution is -2.42. The fourth-order valence-corrected chi connectivity index (χ4v) is 1.80. The molecule has 3 heteroatoms. The molecular weight excluding hydrogens is 188 g/mol. The van der Waals surface area contributed by atoms with Crippen molar-refractivity contribution in [3.05, 3.63) is 0 Å². The van der Waals surface area contributed by atoms with Crippen molar-refractivity contribution >= 4 is 5.91 Å². The molecule has 1 fully saturated rings. The number of hydrogen-bond acceptors (Lipinski definition) is 2. The Morgan fingerprint density at radius 1 is 1.40 bits per heavy atom. The number of carbonyl (C=O) groups is 1. The van der Waals surface area contributed by atoms with Crippen molar-refractivity contribution in [2.45, 2.75) is 58.5 Å². The van der Waals surface area contributed by atoms with Crippen LogP contribution in [0.5, 0.6) is 0 Å². The van der Waals surface area contributed by atoms with Crippen molar-refractivity contribution in [3.8, 4) is 0 Å². The minimum absolute atomic E-state index is 0.190. The van der Waals surface area contributed by atoms with E-state index in [1.165, 1.54) is 12.8 Å². The Hall–Kier alpha value is -0.570. The number of piperidine rings is 1. The number of nitrogens with one attached hydrogen (secondary N) is 2. The molecule has 1 aliphatic rings. The second kappa shape index (κ2) is 6.11. The van der Waals surface area contributed by atoms with Crippen molar-refractivity contribution in [2.24, 2.45) is 5.92 Å². The van der Waals surface area contributed by atoms with E-state index in [9.17, 15) is 4.79 Å². The van der Waals surface area contributed by atoms with Gasteiger partial charge in [-0.2, -0.15) is 0 Å². The van der Waals surface area contributed by atoms with Crippen LogP contribution in [0.4, 0.5) is 0 Å². The quantitative estimate of drug-likeness (QED) is 0.744. The van der Waals surface area contributed by atoms with Gasteiger partial charge in [0.1, 0.15) is 0 Å². The highest BCUT2D eigenvalue weighted by atomic mass is 16.1. The summed E-state index contributed by atoms with van der Waals surface area (Å²) >= 11 is 0. The average molecular weight is 212 g/mol. The van der Waals surface area contributed by atoms with Gasteiger partial charge in [-0.05, 0) is 32.2 Å². The lowest BCUT2D eigenvalue weighted by molar-refractivity contribution is -0.122. The molecule has 2 unspecified atom stereocenters. The molecular formula is C12H24N2O. The third-order valence-corrected chi connectivity index (χ3v) is 3.23. The molecule has 0 saturated carbocycles. The monoisotopic (exact) mass is 212 g/mol. The van der Waals surface area contributed by atoms with Crippen LogP contribution >= 0.6 is 0 Å². The summed E-state index contributed by atoms with van der Waals surface area (Å²) in [4.78, 5) is 11.7. The van der Waals surface area contributed by atoms with E-state index in [1.807, 2.05) is 0 Å². The summed E-state index contributed by atoms with van der Waals surface area (Å²) in [6.45, 7) is 7.39. The molecule has 0 aliphatic carbocycles. The standard InChI is InChI=1S/C12H24N2O/c1-9(2)10(3)14-12(15)8-11-6-4-5-7-13-11/h9-11,13H,4-8H2,1-3H3,(H,14,15). The van der Waals surface area contributed by atoms with Crippen molar-refractivity contribution < 1.29 is 4.79 Å². The summed E-state index contributed by atoms with van der Waals surface area (Å²) in [6.07, 6.45) is 4.28. The number of rotatable bonds is 4. The first kappa shape index (κ1) is 12.5. The van der Waals surface area contributed by atoms with E-state index >= 15 is 0 Å². The largest absolute Gasteiger partial charge is 0.353 e. The number of carbonyl (C=O) groups excluding carboxylic acids is 1. The van der Waals surface area contributed by atoms with E-state index in [4.69, 9.17) is 0 Å². The Bertz CT molecular complexity index is 198. The molecule has 0 bridgehead atoms. The zero-order chi connectivity index (χ0) is 11.3. The average Bonchev–Trinajstić information content (AvgIpc) is 2.18. The van der Waals surface area contributed by atoms with Crippen LogP contribution in [0.1, 0.15) is 46.5 Å². The molecule has 0 aromatic rings. The summed E-state index contributed by atoms with van der Waals surface area (Å²) in [5, 5.41) is 6.44. The van der Waals surface area contributed by atoms with Gasteiger partial charge in [-0.15, -0.1) is 0 Å². The smallest absolute Gasteiger partial charge is 0.221 e. The first-order chi connectivity index (χ1) is 7.09. The van der Waals surface area contributed by atoms with E-state index in [2.05, 4.69) is 31.4 Å². The van der Waals surface area contributed by atoms with Gasteiger partial charge >= 0.3 is 0 Å². The maximum absolute atomic E-state index is 11.7. The molecule has 0 aromatic heterocycles. The van der Waals surface area contributed by atoms with Crippen molar-refractivity contribution in [2.75, 3.05) is 6.54 Å². The van der Waals surface area contributed by atoms with Gasteiger partial charge in [0.15, 0.2) is 0 Å². The highest BCUT2D eigenvalue weighted by Crippen LogP contribution is 2.10. The van der Waals surface area contributed by atoms with E-state index < -0.39 is 0 Å². The SMILES string of the molecule is CC(C)C(C)NC(=O)CC1CCCCN1.